The van der Waals surface area contributed by atoms with Crippen molar-refractivity contribution in [3.05, 3.63) is 48.3 Å². The molecule has 0 aliphatic rings. The summed E-state index contributed by atoms with van der Waals surface area (Å²) < 4.78 is 13.2. The van der Waals surface area contributed by atoms with Crippen LogP contribution in [-0.2, 0) is 16.1 Å². The highest BCUT2D eigenvalue weighted by molar-refractivity contribution is 5.96. The zero-order valence-corrected chi connectivity index (χ0v) is 9.91. The van der Waals surface area contributed by atoms with E-state index >= 15 is 0 Å². The van der Waals surface area contributed by atoms with E-state index in [2.05, 4.69) is 17.2 Å². The lowest BCUT2D eigenvalue weighted by Gasteiger charge is -2.06. The smallest absolute Gasteiger partial charge is 0.229 e. The molecular formula is C13H15FN2O2. The van der Waals surface area contributed by atoms with Gasteiger partial charge in [-0.3, -0.25) is 9.59 Å². The van der Waals surface area contributed by atoms with Crippen LogP contribution in [-0.4, -0.2) is 18.4 Å². The van der Waals surface area contributed by atoms with Crippen LogP contribution < -0.4 is 10.6 Å². The maximum absolute atomic E-state index is 13.2. The average molecular weight is 250 g/mol. The zero-order valence-electron chi connectivity index (χ0n) is 9.91. The Balaban J connectivity index is 2.35. The minimum atomic E-state index is -0.445. The summed E-state index contributed by atoms with van der Waals surface area (Å²) in [6.45, 7) is 3.83. The van der Waals surface area contributed by atoms with Gasteiger partial charge in [0.05, 0.1) is 0 Å². The third-order valence-electron chi connectivity index (χ3n) is 2.20. The first-order chi connectivity index (χ1) is 8.63. The number of nitrogens with one attached hydrogen (secondary N) is 2. The van der Waals surface area contributed by atoms with Gasteiger partial charge in [-0.2, -0.15) is 0 Å². The molecule has 0 unspecified atom stereocenters. The summed E-state index contributed by atoms with van der Waals surface area (Å²) in [5, 5.41) is 4.96. The fourth-order valence-corrected chi connectivity index (χ4v) is 1.29. The predicted octanol–water partition coefficient (Wildman–Crippen LogP) is 1.13. The number of carbonyl (C=O) groups excluding carboxylic acids is 2. The predicted molar refractivity (Wildman–Crippen MR) is 66.1 cm³/mol. The molecule has 1 aromatic carbocycles. The van der Waals surface area contributed by atoms with E-state index in [0.717, 1.165) is 0 Å². The Bertz CT molecular complexity index is 446. The molecule has 5 heteroatoms. The molecule has 0 bridgehead atoms. The second-order valence-corrected chi connectivity index (χ2v) is 3.64. The summed E-state index contributed by atoms with van der Waals surface area (Å²) in [6, 6.07) is 6.15. The molecule has 0 aliphatic carbocycles. The topological polar surface area (TPSA) is 58.2 Å². The molecular weight excluding hydrogens is 235 g/mol. The first-order valence-corrected chi connectivity index (χ1v) is 5.51. The number of hydrogen-bond acceptors (Lipinski definition) is 2. The third kappa shape index (κ3) is 4.78. The van der Waals surface area contributed by atoms with Crippen molar-refractivity contribution in [1.82, 2.24) is 10.6 Å². The van der Waals surface area contributed by atoms with Crippen molar-refractivity contribution < 1.29 is 14.0 Å². The summed E-state index contributed by atoms with van der Waals surface area (Å²) in [7, 11) is 0. The second kappa shape index (κ2) is 7.21. The maximum atomic E-state index is 13.2. The van der Waals surface area contributed by atoms with Crippen molar-refractivity contribution in [2.45, 2.75) is 13.0 Å². The quantitative estimate of drug-likeness (QED) is 0.587. The molecule has 0 radical (unpaired) electrons. The molecule has 0 heterocycles. The van der Waals surface area contributed by atoms with Gasteiger partial charge in [0.1, 0.15) is 12.2 Å². The third-order valence-corrected chi connectivity index (χ3v) is 2.20. The molecule has 1 aromatic rings. The molecule has 0 fully saturated rings. The Morgan fingerprint density at radius 1 is 1.22 bits per heavy atom. The minimum Gasteiger partial charge on any atom is -0.352 e. The van der Waals surface area contributed by atoms with Crippen LogP contribution in [0.25, 0.3) is 0 Å². The summed E-state index contributed by atoms with van der Waals surface area (Å²) in [6.07, 6.45) is 1.25. The van der Waals surface area contributed by atoms with E-state index in [-0.39, 0.29) is 24.7 Å². The number of rotatable bonds is 6. The van der Waals surface area contributed by atoms with Crippen molar-refractivity contribution >= 4 is 11.8 Å². The molecule has 2 amide bonds. The number of carbonyl (C=O) groups is 2. The van der Waals surface area contributed by atoms with Crippen molar-refractivity contribution in [3.8, 4) is 0 Å². The molecule has 0 saturated heterocycles. The highest BCUT2D eigenvalue weighted by atomic mass is 19.1. The van der Waals surface area contributed by atoms with E-state index in [9.17, 15) is 14.0 Å². The van der Waals surface area contributed by atoms with E-state index in [1.165, 1.54) is 12.1 Å². The van der Waals surface area contributed by atoms with Crippen LogP contribution in [0, 0.1) is 5.82 Å². The van der Waals surface area contributed by atoms with E-state index in [4.69, 9.17) is 0 Å². The Morgan fingerprint density at radius 3 is 2.56 bits per heavy atom. The fraction of sp³-hybridized carbons (Fsp3) is 0.231. The van der Waals surface area contributed by atoms with Gasteiger partial charge in [-0.05, 0) is 6.07 Å². The number of hydrogen-bond donors (Lipinski definition) is 2. The lowest BCUT2D eigenvalue weighted by molar-refractivity contribution is -0.129. The van der Waals surface area contributed by atoms with E-state index < -0.39 is 5.91 Å². The van der Waals surface area contributed by atoms with E-state index in [0.29, 0.717) is 12.1 Å². The van der Waals surface area contributed by atoms with Crippen molar-refractivity contribution in [1.29, 1.82) is 0 Å². The average Bonchev–Trinajstić information content (AvgIpc) is 2.35. The van der Waals surface area contributed by atoms with Gasteiger partial charge < -0.3 is 10.6 Å². The van der Waals surface area contributed by atoms with Crippen LogP contribution >= 0.6 is 0 Å². The molecule has 4 nitrogen and oxygen atoms in total. The van der Waals surface area contributed by atoms with Crippen molar-refractivity contribution in [2.75, 3.05) is 6.54 Å². The Labute approximate surface area is 105 Å². The first kappa shape index (κ1) is 13.9. The highest BCUT2D eigenvalue weighted by Crippen LogP contribution is 2.05. The fourth-order valence-electron chi connectivity index (χ4n) is 1.29. The molecule has 2 N–H and O–H groups in total. The first-order valence-electron chi connectivity index (χ1n) is 5.51. The van der Waals surface area contributed by atoms with Crippen LogP contribution in [0.15, 0.2) is 36.9 Å². The molecule has 0 atom stereocenters. The van der Waals surface area contributed by atoms with Crippen LogP contribution in [0.2, 0.25) is 0 Å². The van der Waals surface area contributed by atoms with Gasteiger partial charge in [-0.1, -0.05) is 24.3 Å². The monoisotopic (exact) mass is 250 g/mol. The lowest BCUT2D eigenvalue weighted by Crippen LogP contribution is -2.31. The molecule has 0 aromatic heterocycles. The molecule has 1 rings (SSSR count). The maximum Gasteiger partial charge on any atom is 0.229 e. The molecule has 0 saturated carbocycles. The van der Waals surface area contributed by atoms with E-state index in [1.807, 2.05) is 0 Å². The largest absolute Gasteiger partial charge is 0.352 e. The zero-order chi connectivity index (χ0) is 13.4. The van der Waals surface area contributed by atoms with Gasteiger partial charge >= 0.3 is 0 Å². The van der Waals surface area contributed by atoms with Gasteiger partial charge in [0.2, 0.25) is 11.8 Å². The number of benzene rings is 1. The van der Waals surface area contributed by atoms with Gasteiger partial charge in [0.15, 0.2) is 0 Å². The van der Waals surface area contributed by atoms with Crippen LogP contribution in [0.3, 0.4) is 0 Å². The standard InChI is InChI=1S/C13H15FN2O2/c1-2-7-15-12(17)8-13(18)16-9-10-5-3-4-6-11(10)14/h2-6H,1,7-9H2,(H,15,17)(H,16,18). The van der Waals surface area contributed by atoms with Gasteiger partial charge in [-0.15, -0.1) is 6.58 Å². The molecule has 0 spiro atoms. The van der Waals surface area contributed by atoms with Crippen molar-refractivity contribution in [3.63, 3.8) is 0 Å². The van der Waals surface area contributed by atoms with Gasteiger partial charge in [0, 0.05) is 18.7 Å². The lowest BCUT2D eigenvalue weighted by atomic mass is 10.2. The SMILES string of the molecule is C=CCNC(=O)CC(=O)NCc1ccccc1F. The summed E-state index contributed by atoms with van der Waals surface area (Å²) in [5.41, 5.74) is 0.386. The molecule has 0 aliphatic heterocycles. The van der Waals surface area contributed by atoms with E-state index in [1.54, 1.807) is 18.2 Å². The molecule has 18 heavy (non-hydrogen) atoms. The summed E-state index contributed by atoms with van der Waals surface area (Å²) in [4.78, 5) is 22.6. The summed E-state index contributed by atoms with van der Waals surface area (Å²) >= 11 is 0. The normalized spacial score (nSPS) is 9.61. The minimum absolute atomic E-state index is 0.0697. The van der Waals surface area contributed by atoms with Gasteiger partial charge in [0.25, 0.3) is 0 Å². The second-order valence-electron chi connectivity index (χ2n) is 3.64. The Hall–Kier alpha value is -2.17. The summed E-state index contributed by atoms with van der Waals surface area (Å²) in [5.74, 6) is -1.21. The van der Waals surface area contributed by atoms with Crippen LogP contribution in [0.1, 0.15) is 12.0 Å². The number of halogens is 1. The number of amides is 2. The highest BCUT2D eigenvalue weighted by Gasteiger charge is 2.09. The van der Waals surface area contributed by atoms with Gasteiger partial charge in [-0.25, -0.2) is 4.39 Å². The van der Waals surface area contributed by atoms with Crippen LogP contribution in [0.5, 0.6) is 0 Å². The van der Waals surface area contributed by atoms with Crippen LogP contribution in [0.4, 0.5) is 4.39 Å². The Morgan fingerprint density at radius 2 is 1.89 bits per heavy atom. The molecule has 96 valence electrons. The Kier molecular flexibility index (Phi) is 5.57. The van der Waals surface area contributed by atoms with Crippen molar-refractivity contribution in [2.24, 2.45) is 0 Å².